The molecule has 0 saturated heterocycles. The molecule has 0 bridgehead atoms. The number of thioether (sulfide) groups is 1. The predicted molar refractivity (Wildman–Crippen MR) is 112 cm³/mol. The average Bonchev–Trinajstić information content (AvgIpc) is 2.71. The van der Waals surface area contributed by atoms with Crippen molar-refractivity contribution in [1.82, 2.24) is 5.32 Å². The van der Waals surface area contributed by atoms with Crippen molar-refractivity contribution in [2.75, 3.05) is 26.0 Å². The molecule has 2 rings (SSSR count). The molecule has 28 heavy (non-hydrogen) atoms. The second-order valence-electron chi connectivity index (χ2n) is 5.80. The number of nitrogens with one attached hydrogen (secondary N) is 1. The molecule has 0 aromatic heterocycles. The minimum atomic E-state index is -1.09. The van der Waals surface area contributed by atoms with E-state index in [4.69, 9.17) is 27.5 Å². The van der Waals surface area contributed by atoms with Crippen LogP contribution >= 0.6 is 23.4 Å². The monoisotopic (exact) mass is 419 g/mol. The summed E-state index contributed by atoms with van der Waals surface area (Å²) < 4.78 is 10.7. The SMILES string of the molecule is C#CCOc1ccc(CCNC(=O)C(O)CSc2ccc(Cl)cc2)cc1OC. The smallest absolute Gasteiger partial charge is 0.249 e. The lowest BCUT2D eigenvalue weighted by Crippen LogP contribution is -2.37. The van der Waals surface area contributed by atoms with Crippen LogP contribution in [-0.4, -0.2) is 43.1 Å². The average molecular weight is 420 g/mol. The fraction of sp³-hybridized carbons (Fsp3) is 0.286. The Bertz CT molecular complexity index is 820. The predicted octanol–water partition coefficient (Wildman–Crippen LogP) is 3.17. The van der Waals surface area contributed by atoms with E-state index < -0.39 is 12.0 Å². The summed E-state index contributed by atoms with van der Waals surface area (Å²) >= 11 is 7.23. The van der Waals surface area contributed by atoms with Gasteiger partial charge in [-0.15, -0.1) is 18.2 Å². The highest BCUT2D eigenvalue weighted by Crippen LogP contribution is 2.28. The van der Waals surface area contributed by atoms with Crippen molar-refractivity contribution in [3.05, 3.63) is 53.1 Å². The van der Waals surface area contributed by atoms with Gasteiger partial charge in [0.25, 0.3) is 0 Å². The molecule has 0 aliphatic carbocycles. The van der Waals surface area contributed by atoms with E-state index in [1.165, 1.54) is 11.8 Å². The van der Waals surface area contributed by atoms with Crippen LogP contribution in [0.25, 0.3) is 0 Å². The van der Waals surface area contributed by atoms with Gasteiger partial charge >= 0.3 is 0 Å². The fourth-order valence-electron chi connectivity index (χ4n) is 2.34. The van der Waals surface area contributed by atoms with Gasteiger partial charge in [-0.05, 0) is 48.4 Å². The van der Waals surface area contributed by atoms with Gasteiger partial charge in [0.2, 0.25) is 5.91 Å². The molecule has 0 saturated carbocycles. The molecule has 5 nitrogen and oxygen atoms in total. The van der Waals surface area contributed by atoms with Crippen LogP contribution in [0.1, 0.15) is 5.56 Å². The van der Waals surface area contributed by atoms with Crippen molar-refractivity contribution < 1.29 is 19.4 Å². The maximum Gasteiger partial charge on any atom is 0.249 e. The van der Waals surface area contributed by atoms with Gasteiger partial charge in [0.1, 0.15) is 12.7 Å². The van der Waals surface area contributed by atoms with Crippen molar-refractivity contribution in [1.29, 1.82) is 0 Å². The number of terminal acetylenes is 1. The van der Waals surface area contributed by atoms with Gasteiger partial charge in [0.05, 0.1) is 7.11 Å². The third kappa shape index (κ3) is 7.01. The summed E-state index contributed by atoms with van der Waals surface area (Å²) in [4.78, 5) is 13.0. The minimum absolute atomic E-state index is 0.164. The van der Waals surface area contributed by atoms with Crippen LogP contribution in [0.2, 0.25) is 5.02 Å². The quantitative estimate of drug-likeness (QED) is 0.457. The Morgan fingerprint density at radius 2 is 2.04 bits per heavy atom. The molecular formula is C21H22ClNO4S. The molecular weight excluding hydrogens is 398 g/mol. The van der Waals surface area contributed by atoms with Gasteiger partial charge < -0.3 is 19.9 Å². The number of carbonyl (C=O) groups excluding carboxylic acids is 1. The summed E-state index contributed by atoms with van der Waals surface area (Å²) in [6.45, 7) is 0.562. The molecule has 1 amide bonds. The number of ether oxygens (including phenoxy) is 2. The Morgan fingerprint density at radius 3 is 2.71 bits per heavy atom. The third-order valence-electron chi connectivity index (χ3n) is 3.78. The van der Waals surface area contributed by atoms with Crippen LogP contribution in [-0.2, 0) is 11.2 Å². The largest absolute Gasteiger partial charge is 0.493 e. The fourth-order valence-corrected chi connectivity index (χ4v) is 3.29. The van der Waals surface area contributed by atoms with Crippen molar-refractivity contribution >= 4 is 29.3 Å². The first-order valence-corrected chi connectivity index (χ1v) is 9.97. The zero-order chi connectivity index (χ0) is 20.4. The van der Waals surface area contributed by atoms with E-state index in [0.29, 0.717) is 29.5 Å². The van der Waals surface area contributed by atoms with E-state index in [1.807, 2.05) is 24.3 Å². The molecule has 0 fully saturated rings. The molecule has 2 aromatic carbocycles. The lowest BCUT2D eigenvalue weighted by molar-refractivity contribution is -0.128. The first-order valence-electron chi connectivity index (χ1n) is 8.60. The van der Waals surface area contributed by atoms with Crippen LogP contribution in [0, 0.1) is 12.3 Å². The number of aliphatic hydroxyl groups is 1. The number of hydrogen-bond acceptors (Lipinski definition) is 5. The van der Waals surface area contributed by atoms with Crippen molar-refractivity contribution in [2.45, 2.75) is 17.4 Å². The van der Waals surface area contributed by atoms with E-state index in [2.05, 4.69) is 11.2 Å². The van der Waals surface area contributed by atoms with Crippen molar-refractivity contribution in [2.24, 2.45) is 0 Å². The number of carbonyl (C=O) groups is 1. The number of aliphatic hydroxyl groups excluding tert-OH is 1. The Kier molecular flexibility index (Phi) is 9.02. The van der Waals surface area contributed by atoms with E-state index in [1.54, 1.807) is 25.3 Å². The summed E-state index contributed by atoms with van der Waals surface area (Å²) in [6, 6.07) is 12.7. The summed E-state index contributed by atoms with van der Waals surface area (Å²) in [5, 5.41) is 13.4. The standard InChI is InChI=1S/C21H22ClNO4S/c1-3-12-27-19-9-4-15(13-20(19)26-2)10-11-23-21(25)18(24)14-28-17-7-5-16(22)6-8-17/h1,4-9,13,18,24H,10-12,14H2,2H3,(H,23,25). The van der Waals surface area contributed by atoms with E-state index in [0.717, 1.165) is 10.5 Å². The van der Waals surface area contributed by atoms with Crippen LogP contribution < -0.4 is 14.8 Å². The summed E-state index contributed by atoms with van der Waals surface area (Å²) in [6.07, 6.45) is 4.70. The lowest BCUT2D eigenvalue weighted by Gasteiger charge is -2.13. The van der Waals surface area contributed by atoms with E-state index in [9.17, 15) is 9.90 Å². The van der Waals surface area contributed by atoms with Crippen LogP contribution in [0.4, 0.5) is 0 Å². The zero-order valence-corrected chi connectivity index (χ0v) is 17.1. The Labute approximate surface area is 174 Å². The second kappa shape index (κ2) is 11.5. The van der Waals surface area contributed by atoms with Gasteiger partial charge in [-0.3, -0.25) is 4.79 Å². The highest BCUT2D eigenvalue weighted by atomic mass is 35.5. The maximum atomic E-state index is 12.0. The van der Waals surface area contributed by atoms with Crippen LogP contribution in [0.3, 0.4) is 0 Å². The van der Waals surface area contributed by atoms with Gasteiger partial charge in [0.15, 0.2) is 11.5 Å². The molecule has 0 aliphatic rings. The van der Waals surface area contributed by atoms with Crippen molar-refractivity contribution in [3.63, 3.8) is 0 Å². The summed E-state index contributed by atoms with van der Waals surface area (Å²) in [5.74, 6) is 3.43. The third-order valence-corrected chi connectivity index (χ3v) is 5.12. The molecule has 0 spiro atoms. The Hall–Kier alpha value is -2.33. The maximum absolute atomic E-state index is 12.0. The first kappa shape index (κ1) is 22.0. The number of halogens is 1. The number of amides is 1. The summed E-state index contributed by atoms with van der Waals surface area (Å²) in [5.41, 5.74) is 0.968. The van der Waals surface area contributed by atoms with Gasteiger partial charge in [-0.2, -0.15) is 0 Å². The Balaban J connectivity index is 1.77. The molecule has 2 aromatic rings. The van der Waals surface area contributed by atoms with Crippen LogP contribution in [0.15, 0.2) is 47.4 Å². The van der Waals surface area contributed by atoms with Crippen LogP contribution in [0.5, 0.6) is 11.5 Å². The number of hydrogen-bond donors (Lipinski definition) is 2. The van der Waals surface area contributed by atoms with Gasteiger partial charge in [-0.25, -0.2) is 0 Å². The highest BCUT2D eigenvalue weighted by molar-refractivity contribution is 7.99. The molecule has 0 radical (unpaired) electrons. The topological polar surface area (TPSA) is 67.8 Å². The van der Waals surface area contributed by atoms with Crippen molar-refractivity contribution in [3.8, 4) is 23.8 Å². The molecule has 148 valence electrons. The number of methoxy groups -OCH3 is 1. The number of benzene rings is 2. The highest BCUT2D eigenvalue weighted by Gasteiger charge is 2.15. The van der Waals surface area contributed by atoms with E-state index >= 15 is 0 Å². The molecule has 0 heterocycles. The minimum Gasteiger partial charge on any atom is -0.493 e. The second-order valence-corrected chi connectivity index (χ2v) is 7.33. The number of rotatable bonds is 10. The molecule has 0 aliphatic heterocycles. The first-order chi connectivity index (χ1) is 13.5. The van der Waals surface area contributed by atoms with E-state index in [-0.39, 0.29) is 12.4 Å². The lowest BCUT2D eigenvalue weighted by atomic mass is 10.1. The normalized spacial score (nSPS) is 11.4. The molecule has 1 atom stereocenters. The molecule has 2 N–H and O–H groups in total. The summed E-state index contributed by atoms with van der Waals surface area (Å²) in [7, 11) is 1.55. The van der Waals surface area contributed by atoms with Gasteiger partial charge in [-0.1, -0.05) is 23.6 Å². The molecule has 1 unspecified atom stereocenters. The Morgan fingerprint density at radius 1 is 1.29 bits per heavy atom. The molecule has 7 heteroatoms. The zero-order valence-electron chi connectivity index (χ0n) is 15.5. The van der Waals surface area contributed by atoms with Gasteiger partial charge in [0, 0.05) is 22.2 Å².